The van der Waals surface area contributed by atoms with Gasteiger partial charge in [0, 0.05) is 31.1 Å². The first-order chi connectivity index (χ1) is 15.8. The molecule has 176 valence electrons. The fourth-order valence-corrected chi connectivity index (χ4v) is 9.61. The lowest BCUT2D eigenvalue weighted by atomic mass is 9.50. The molecule has 0 atom stereocenters. The standard InChI is InChI=1S/C24H30N4O3S2/c1-27(21(29)19-4-6-20(7-5-19)33(30,31)28-8-2-3-9-28)23-26-25-22(32-23)24-13-16-10-17(14-24)12-18(11-16)15-24/h4-7,16-18H,2-3,8-15H2,1H3. The van der Waals surface area contributed by atoms with Crippen molar-refractivity contribution in [3.63, 3.8) is 0 Å². The predicted molar refractivity (Wildman–Crippen MR) is 127 cm³/mol. The lowest BCUT2D eigenvalue weighted by Gasteiger charge is -2.55. The summed E-state index contributed by atoms with van der Waals surface area (Å²) < 4.78 is 27.0. The molecule has 1 aromatic carbocycles. The molecule has 5 fully saturated rings. The Bertz CT molecular complexity index is 1130. The topological polar surface area (TPSA) is 83.5 Å². The molecule has 1 amide bonds. The summed E-state index contributed by atoms with van der Waals surface area (Å²) in [6.07, 6.45) is 9.60. The minimum atomic E-state index is -3.48. The van der Waals surface area contributed by atoms with E-state index in [0.717, 1.165) is 35.6 Å². The van der Waals surface area contributed by atoms with E-state index in [1.54, 1.807) is 35.4 Å². The van der Waals surface area contributed by atoms with Crippen molar-refractivity contribution < 1.29 is 13.2 Å². The largest absolute Gasteiger partial charge is 0.286 e. The van der Waals surface area contributed by atoms with Crippen LogP contribution in [0.3, 0.4) is 0 Å². The van der Waals surface area contributed by atoms with E-state index in [1.165, 1.54) is 55.0 Å². The van der Waals surface area contributed by atoms with Crippen molar-refractivity contribution in [1.82, 2.24) is 14.5 Å². The van der Waals surface area contributed by atoms with E-state index >= 15 is 0 Å². The molecular formula is C24H30N4O3S2. The Morgan fingerprint density at radius 3 is 2.15 bits per heavy atom. The lowest BCUT2D eigenvalue weighted by molar-refractivity contribution is -0.00555. The molecule has 33 heavy (non-hydrogen) atoms. The Labute approximate surface area is 199 Å². The van der Waals surface area contributed by atoms with Gasteiger partial charge in [-0.3, -0.25) is 9.69 Å². The molecule has 1 aromatic heterocycles. The molecule has 4 bridgehead atoms. The van der Waals surface area contributed by atoms with Crippen molar-refractivity contribution >= 4 is 32.4 Å². The maximum absolute atomic E-state index is 13.1. The first-order valence-electron chi connectivity index (χ1n) is 12.1. The number of carbonyl (C=O) groups is 1. The smallest absolute Gasteiger partial charge is 0.259 e. The first-order valence-corrected chi connectivity index (χ1v) is 14.3. The average Bonchev–Trinajstić information content (AvgIpc) is 3.50. The van der Waals surface area contributed by atoms with Crippen LogP contribution in [-0.2, 0) is 15.4 Å². The zero-order valence-corrected chi connectivity index (χ0v) is 20.6. The highest BCUT2D eigenvalue weighted by Gasteiger charge is 2.53. The zero-order chi connectivity index (χ0) is 22.8. The molecule has 0 spiro atoms. The summed E-state index contributed by atoms with van der Waals surface area (Å²) in [4.78, 5) is 14.9. The van der Waals surface area contributed by atoms with Crippen molar-refractivity contribution in [2.75, 3.05) is 25.0 Å². The molecule has 2 heterocycles. The van der Waals surface area contributed by atoms with E-state index in [0.29, 0.717) is 23.8 Å². The minimum Gasteiger partial charge on any atom is -0.286 e. The van der Waals surface area contributed by atoms with Crippen molar-refractivity contribution in [1.29, 1.82) is 0 Å². The van der Waals surface area contributed by atoms with E-state index in [2.05, 4.69) is 10.2 Å². The molecule has 7 rings (SSSR count). The van der Waals surface area contributed by atoms with Crippen LogP contribution in [0.15, 0.2) is 29.2 Å². The van der Waals surface area contributed by atoms with Crippen LogP contribution in [0.2, 0.25) is 0 Å². The number of hydrogen-bond acceptors (Lipinski definition) is 6. The normalized spacial score (nSPS) is 31.2. The fourth-order valence-electron chi connectivity index (χ4n) is 7.07. The summed E-state index contributed by atoms with van der Waals surface area (Å²) in [6.45, 7) is 1.13. The van der Waals surface area contributed by atoms with Gasteiger partial charge in [-0.15, -0.1) is 10.2 Å². The third-order valence-electron chi connectivity index (χ3n) is 8.30. The molecule has 4 aliphatic carbocycles. The fraction of sp³-hybridized carbons (Fsp3) is 0.625. The molecule has 4 saturated carbocycles. The molecular weight excluding hydrogens is 456 g/mol. The minimum absolute atomic E-state index is 0.167. The highest BCUT2D eigenvalue weighted by atomic mass is 32.2. The van der Waals surface area contributed by atoms with Gasteiger partial charge < -0.3 is 0 Å². The third-order valence-corrected chi connectivity index (χ3v) is 11.5. The molecule has 1 saturated heterocycles. The van der Waals surface area contributed by atoms with Crippen LogP contribution in [-0.4, -0.2) is 49.0 Å². The summed E-state index contributed by atoms with van der Waals surface area (Å²) in [5.41, 5.74) is 0.615. The van der Waals surface area contributed by atoms with Gasteiger partial charge in [0.15, 0.2) is 0 Å². The SMILES string of the molecule is CN(C(=O)c1ccc(S(=O)(=O)N2CCCC2)cc1)c1nnc(C23CC4CC(CC(C4)C2)C3)s1. The van der Waals surface area contributed by atoms with Gasteiger partial charge in [0.25, 0.3) is 5.91 Å². The molecule has 1 aliphatic heterocycles. The molecule has 9 heteroatoms. The number of hydrogen-bond donors (Lipinski definition) is 0. The van der Waals surface area contributed by atoms with Crippen LogP contribution in [0.25, 0.3) is 0 Å². The molecule has 0 N–H and O–H groups in total. The number of amides is 1. The number of nitrogens with zero attached hydrogens (tertiary/aromatic N) is 4. The first kappa shape index (κ1) is 21.7. The quantitative estimate of drug-likeness (QED) is 0.636. The molecule has 0 radical (unpaired) electrons. The number of benzene rings is 1. The molecule has 5 aliphatic rings. The number of anilines is 1. The predicted octanol–water partition coefficient (Wildman–Crippen LogP) is 4.07. The second-order valence-electron chi connectivity index (χ2n) is 10.6. The second-order valence-corrected chi connectivity index (χ2v) is 13.5. The Balaban J connectivity index is 1.19. The van der Waals surface area contributed by atoms with Gasteiger partial charge in [0.2, 0.25) is 15.2 Å². The van der Waals surface area contributed by atoms with Crippen molar-refractivity contribution in [3.05, 3.63) is 34.8 Å². The number of aromatic nitrogens is 2. The maximum atomic E-state index is 13.1. The number of carbonyl (C=O) groups excluding carboxylic acids is 1. The van der Waals surface area contributed by atoms with Gasteiger partial charge in [0.1, 0.15) is 5.01 Å². The molecule has 2 aromatic rings. The van der Waals surface area contributed by atoms with Crippen LogP contribution in [0.4, 0.5) is 5.13 Å². The van der Waals surface area contributed by atoms with Crippen molar-refractivity contribution in [2.45, 2.75) is 61.7 Å². The molecule has 0 unspecified atom stereocenters. The monoisotopic (exact) mass is 486 g/mol. The number of rotatable bonds is 5. The highest BCUT2D eigenvalue weighted by molar-refractivity contribution is 7.89. The second kappa shape index (κ2) is 7.85. The van der Waals surface area contributed by atoms with Crippen molar-refractivity contribution in [3.8, 4) is 0 Å². The summed E-state index contributed by atoms with van der Waals surface area (Å²) in [5.74, 6) is 2.29. The maximum Gasteiger partial charge on any atom is 0.259 e. The van der Waals surface area contributed by atoms with Crippen LogP contribution >= 0.6 is 11.3 Å². The summed E-state index contributed by atoms with van der Waals surface area (Å²) in [6, 6.07) is 6.27. The van der Waals surface area contributed by atoms with Gasteiger partial charge in [-0.25, -0.2) is 8.42 Å². The van der Waals surface area contributed by atoms with E-state index < -0.39 is 10.0 Å². The van der Waals surface area contributed by atoms with Crippen LogP contribution in [0, 0.1) is 17.8 Å². The van der Waals surface area contributed by atoms with Gasteiger partial charge >= 0.3 is 0 Å². The zero-order valence-electron chi connectivity index (χ0n) is 18.9. The summed E-state index contributed by atoms with van der Waals surface area (Å²) in [7, 11) is -1.76. The van der Waals surface area contributed by atoms with Gasteiger partial charge in [0.05, 0.1) is 4.90 Å². The Morgan fingerprint density at radius 1 is 1.00 bits per heavy atom. The van der Waals surface area contributed by atoms with E-state index in [4.69, 9.17) is 0 Å². The Hall–Kier alpha value is -1.84. The third kappa shape index (κ3) is 3.63. The van der Waals surface area contributed by atoms with Gasteiger partial charge in [-0.05, 0) is 93.4 Å². The lowest BCUT2D eigenvalue weighted by Crippen LogP contribution is -2.48. The Morgan fingerprint density at radius 2 is 1.58 bits per heavy atom. The average molecular weight is 487 g/mol. The van der Waals surface area contributed by atoms with Crippen LogP contribution in [0.5, 0.6) is 0 Å². The van der Waals surface area contributed by atoms with Crippen LogP contribution < -0.4 is 4.90 Å². The number of sulfonamides is 1. The van der Waals surface area contributed by atoms with Gasteiger partial charge in [-0.2, -0.15) is 4.31 Å². The van der Waals surface area contributed by atoms with Gasteiger partial charge in [-0.1, -0.05) is 11.3 Å². The molecule has 7 nitrogen and oxygen atoms in total. The Kier molecular flexibility index (Phi) is 5.16. The summed E-state index contributed by atoms with van der Waals surface area (Å²) in [5, 5.41) is 10.7. The van der Waals surface area contributed by atoms with E-state index in [-0.39, 0.29) is 16.2 Å². The highest BCUT2D eigenvalue weighted by Crippen LogP contribution is 2.61. The van der Waals surface area contributed by atoms with E-state index in [1.807, 2.05) is 0 Å². The van der Waals surface area contributed by atoms with Crippen LogP contribution in [0.1, 0.15) is 66.7 Å². The van der Waals surface area contributed by atoms with E-state index in [9.17, 15) is 13.2 Å². The summed E-state index contributed by atoms with van der Waals surface area (Å²) >= 11 is 1.56. The van der Waals surface area contributed by atoms with Crippen molar-refractivity contribution in [2.24, 2.45) is 17.8 Å².